The number of ether oxygens (including phenoxy) is 2. The number of nitrogens with one attached hydrogen (secondary N) is 2. The molecule has 0 unspecified atom stereocenters. The van der Waals surface area contributed by atoms with Gasteiger partial charge in [-0.15, -0.1) is 0 Å². The maximum atomic E-state index is 12.2. The molecule has 0 heterocycles. The minimum absolute atomic E-state index is 0.00563. The Morgan fingerprint density at radius 2 is 1.60 bits per heavy atom. The average Bonchev–Trinajstić information content (AvgIpc) is 2.81. The van der Waals surface area contributed by atoms with Gasteiger partial charge in [-0.25, -0.2) is 0 Å². The number of halogens is 2. The number of rotatable bonds is 10. The van der Waals surface area contributed by atoms with E-state index in [4.69, 9.17) is 32.7 Å². The number of hydrogen-bond acceptors (Lipinski definition) is 5. The largest absolute Gasteiger partial charge is 0.457 e. The molecule has 0 radical (unpaired) electrons. The Morgan fingerprint density at radius 3 is 2.31 bits per heavy atom. The van der Waals surface area contributed by atoms with Crippen molar-refractivity contribution in [3.63, 3.8) is 0 Å². The van der Waals surface area contributed by atoms with Crippen LogP contribution in [0.4, 0.5) is 11.4 Å². The number of esters is 1. The van der Waals surface area contributed by atoms with E-state index >= 15 is 0 Å². The maximum absolute atomic E-state index is 12.2. The fourth-order valence-corrected chi connectivity index (χ4v) is 3.49. The highest BCUT2D eigenvalue weighted by Gasteiger charge is 2.11. The molecule has 0 aliphatic heterocycles. The lowest BCUT2D eigenvalue weighted by molar-refractivity contribution is -0.147. The molecule has 0 aliphatic rings. The van der Waals surface area contributed by atoms with Crippen LogP contribution in [0.3, 0.4) is 0 Å². The molecule has 7 nitrogen and oxygen atoms in total. The van der Waals surface area contributed by atoms with Crippen LogP contribution in [0.1, 0.15) is 24.8 Å². The van der Waals surface area contributed by atoms with Gasteiger partial charge in [-0.05, 0) is 73.5 Å². The summed E-state index contributed by atoms with van der Waals surface area (Å²) in [5.41, 5.74) is 2.08. The molecule has 3 aromatic carbocycles. The van der Waals surface area contributed by atoms with Crippen molar-refractivity contribution in [2.45, 2.75) is 26.2 Å². The van der Waals surface area contributed by atoms with Gasteiger partial charge in [0, 0.05) is 23.6 Å². The van der Waals surface area contributed by atoms with Gasteiger partial charge in [-0.1, -0.05) is 35.3 Å². The number of hydrogen-bond donors (Lipinski definition) is 2. The first-order valence-electron chi connectivity index (χ1n) is 10.8. The van der Waals surface area contributed by atoms with Crippen LogP contribution in [0, 0.1) is 6.92 Å². The average molecular weight is 515 g/mol. The van der Waals surface area contributed by atoms with Crippen molar-refractivity contribution in [1.29, 1.82) is 0 Å². The fraction of sp³-hybridized carbons (Fsp3) is 0.192. The fourth-order valence-electron chi connectivity index (χ4n) is 3.03. The van der Waals surface area contributed by atoms with Crippen molar-refractivity contribution < 1.29 is 23.9 Å². The first-order valence-corrected chi connectivity index (χ1v) is 11.6. The standard InChI is InChI=1S/C26H24Cl2N2O5/c1-17-4-2-5-21(14-17)35-20-11-9-19(10-12-20)29-24(31)6-3-7-26(33)34-16-25(32)30-23-13-8-18(27)15-22(23)28/h2,4-5,8-15H,3,6-7,16H2,1H3,(H,29,31)(H,30,32). The van der Waals surface area contributed by atoms with Gasteiger partial charge >= 0.3 is 5.97 Å². The van der Waals surface area contributed by atoms with Crippen LogP contribution in [-0.2, 0) is 19.1 Å². The van der Waals surface area contributed by atoms with Gasteiger partial charge in [0.25, 0.3) is 5.91 Å². The Kier molecular flexibility index (Phi) is 9.52. The molecule has 0 spiro atoms. The summed E-state index contributed by atoms with van der Waals surface area (Å²) >= 11 is 11.8. The van der Waals surface area contributed by atoms with Crippen LogP contribution in [0.15, 0.2) is 66.7 Å². The third-order valence-electron chi connectivity index (χ3n) is 4.72. The van der Waals surface area contributed by atoms with Crippen molar-refractivity contribution in [2.24, 2.45) is 0 Å². The Morgan fingerprint density at radius 1 is 0.829 bits per heavy atom. The van der Waals surface area contributed by atoms with Gasteiger partial charge < -0.3 is 20.1 Å². The first kappa shape index (κ1) is 26.1. The Hall–Kier alpha value is -3.55. The first-order chi connectivity index (χ1) is 16.8. The van der Waals surface area contributed by atoms with E-state index < -0.39 is 18.5 Å². The summed E-state index contributed by atoms with van der Waals surface area (Å²) in [4.78, 5) is 35.9. The molecule has 0 saturated heterocycles. The quantitative estimate of drug-likeness (QED) is 0.306. The molecular formula is C26H24Cl2N2O5. The zero-order valence-electron chi connectivity index (χ0n) is 19.0. The number of benzene rings is 3. The molecule has 0 saturated carbocycles. The Balaban J connectivity index is 1.33. The van der Waals surface area contributed by atoms with E-state index in [0.29, 0.717) is 22.1 Å². The third-order valence-corrected chi connectivity index (χ3v) is 5.27. The van der Waals surface area contributed by atoms with Crippen molar-refractivity contribution in [2.75, 3.05) is 17.2 Å². The lowest BCUT2D eigenvalue weighted by Gasteiger charge is -2.09. The normalized spacial score (nSPS) is 10.4. The summed E-state index contributed by atoms with van der Waals surface area (Å²) in [5.74, 6) is 0.0434. The van der Waals surface area contributed by atoms with Gasteiger partial charge in [-0.2, -0.15) is 0 Å². The number of carbonyl (C=O) groups excluding carboxylic acids is 3. The number of carbonyl (C=O) groups is 3. The van der Waals surface area contributed by atoms with Crippen molar-refractivity contribution in [3.8, 4) is 11.5 Å². The SMILES string of the molecule is Cc1cccc(Oc2ccc(NC(=O)CCCC(=O)OCC(=O)Nc3ccc(Cl)cc3Cl)cc2)c1. The second-order valence-electron chi connectivity index (χ2n) is 7.68. The molecule has 35 heavy (non-hydrogen) atoms. The highest BCUT2D eigenvalue weighted by Crippen LogP contribution is 2.25. The van der Waals surface area contributed by atoms with Crippen LogP contribution in [0.25, 0.3) is 0 Å². The van der Waals surface area contributed by atoms with Gasteiger partial charge in [0.2, 0.25) is 5.91 Å². The molecule has 0 fully saturated rings. The lowest BCUT2D eigenvalue weighted by Crippen LogP contribution is -2.21. The van der Waals surface area contributed by atoms with Gasteiger partial charge in [0.05, 0.1) is 10.7 Å². The second-order valence-corrected chi connectivity index (χ2v) is 8.52. The molecule has 0 bridgehead atoms. The molecule has 0 aromatic heterocycles. The van der Waals surface area contributed by atoms with E-state index in [1.807, 2.05) is 31.2 Å². The molecule has 2 amide bonds. The zero-order valence-corrected chi connectivity index (χ0v) is 20.5. The second kappa shape index (κ2) is 12.8. The Bertz CT molecular complexity index is 1200. The predicted molar refractivity (Wildman–Crippen MR) is 136 cm³/mol. The molecule has 9 heteroatoms. The molecular weight excluding hydrogens is 491 g/mol. The number of amides is 2. The highest BCUT2D eigenvalue weighted by atomic mass is 35.5. The minimum atomic E-state index is -0.576. The molecule has 3 rings (SSSR count). The van der Waals surface area contributed by atoms with E-state index in [1.54, 1.807) is 36.4 Å². The van der Waals surface area contributed by atoms with E-state index in [0.717, 1.165) is 11.3 Å². The van der Waals surface area contributed by atoms with Crippen LogP contribution in [0.5, 0.6) is 11.5 Å². The van der Waals surface area contributed by atoms with Crippen LogP contribution >= 0.6 is 23.2 Å². The summed E-state index contributed by atoms with van der Waals surface area (Å²) in [6.07, 6.45) is 0.415. The van der Waals surface area contributed by atoms with Crippen molar-refractivity contribution in [1.82, 2.24) is 0 Å². The lowest BCUT2D eigenvalue weighted by atomic mass is 10.2. The van der Waals surface area contributed by atoms with Gasteiger partial charge in [-0.3, -0.25) is 14.4 Å². The third kappa shape index (κ3) is 8.96. The van der Waals surface area contributed by atoms with Crippen molar-refractivity contribution in [3.05, 3.63) is 82.3 Å². The maximum Gasteiger partial charge on any atom is 0.306 e. The molecule has 2 N–H and O–H groups in total. The van der Waals surface area contributed by atoms with Crippen LogP contribution in [0.2, 0.25) is 10.0 Å². The van der Waals surface area contributed by atoms with E-state index in [1.165, 1.54) is 6.07 Å². The van der Waals surface area contributed by atoms with Crippen molar-refractivity contribution >= 4 is 52.4 Å². The topological polar surface area (TPSA) is 93.7 Å². The highest BCUT2D eigenvalue weighted by molar-refractivity contribution is 6.36. The number of aryl methyl sites for hydroxylation is 1. The summed E-state index contributed by atoms with van der Waals surface area (Å²) in [6, 6.07) is 19.3. The van der Waals surface area contributed by atoms with Gasteiger partial charge in [0.1, 0.15) is 11.5 Å². The number of anilines is 2. The Labute approximate surface area is 213 Å². The molecule has 0 aliphatic carbocycles. The monoisotopic (exact) mass is 514 g/mol. The summed E-state index contributed by atoms with van der Waals surface area (Å²) in [7, 11) is 0. The smallest absolute Gasteiger partial charge is 0.306 e. The summed E-state index contributed by atoms with van der Waals surface area (Å²) < 4.78 is 10.7. The zero-order chi connectivity index (χ0) is 25.2. The minimum Gasteiger partial charge on any atom is -0.457 e. The van der Waals surface area contributed by atoms with E-state index in [9.17, 15) is 14.4 Å². The molecule has 182 valence electrons. The summed E-state index contributed by atoms with van der Waals surface area (Å²) in [5, 5.41) is 6.02. The molecule has 3 aromatic rings. The van der Waals surface area contributed by atoms with E-state index in [2.05, 4.69) is 10.6 Å². The van der Waals surface area contributed by atoms with Gasteiger partial charge in [0.15, 0.2) is 6.61 Å². The van der Waals surface area contributed by atoms with Crippen LogP contribution < -0.4 is 15.4 Å². The predicted octanol–water partition coefficient (Wildman–Crippen LogP) is 6.38. The van der Waals surface area contributed by atoms with E-state index in [-0.39, 0.29) is 30.2 Å². The molecule has 0 atom stereocenters. The van der Waals surface area contributed by atoms with Crippen LogP contribution in [-0.4, -0.2) is 24.4 Å². The summed E-state index contributed by atoms with van der Waals surface area (Å²) in [6.45, 7) is 1.53.